The monoisotopic (exact) mass is 403 g/mol. The van der Waals surface area contributed by atoms with Crippen LogP contribution in [0, 0.1) is 11.7 Å². The number of halogens is 1. The second-order valence-corrected chi connectivity index (χ2v) is 7.37. The van der Waals surface area contributed by atoms with Gasteiger partial charge >= 0.3 is 0 Å². The topological polar surface area (TPSA) is 109 Å². The third-order valence-electron chi connectivity index (χ3n) is 5.12. The summed E-state index contributed by atoms with van der Waals surface area (Å²) in [5.41, 5.74) is 0.580. The van der Waals surface area contributed by atoms with Gasteiger partial charge in [-0.15, -0.1) is 5.10 Å². The number of rotatable bonds is 8. The van der Waals surface area contributed by atoms with Crippen molar-refractivity contribution in [3.05, 3.63) is 48.0 Å². The minimum absolute atomic E-state index is 0.0522. The Kier molecular flexibility index (Phi) is 7.29. The maximum absolute atomic E-state index is 13.2. The van der Waals surface area contributed by atoms with E-state index < -0.39 is 12.1 Å². The van der Waals surface area contributed by atoms with Crippen molar-refractivity contribution in [3.63, 3.8) is 0 Å². The summed E-state index contributed by atoms with van der Waals surface area (Å²) in [4.78, 5) is 24.5. The molecular weight excluding hydrogens is 377 g/mol. The fraction of sp³-hybridized carbons (Fsp3) is 0.500. The highest BCUT2D eigenvalue weighted by Gasteiger charge is 2.33. The first-order chi connectivity index (χ1) is 14.0. The van der Waals surface area contributed by atoms with Crippen molar-refractivity contribution >= 4 is 11.8 Å². The molecule has 156 valence electrons. The van der Waals surface area contributed by atoms with Gasteiger partial charge in [-0.25, -0.2) is 4.39 Å². The fourth-order valence-corrected chi connectivity index (χ4v) is 3.59. The van der Waals surface area contributed by atoms with Crippen LogP contribution in [0.4, 0.5) is 4.39 Å². The summed E-state index contributed by atoms with van der Waals surface area (Å²) < 4.78 is 14.9. The predicted octanol–water partition coefficient (Wildman–Crippen LogP) is 0.812. The Morgan fingerprint density at radius 3 is 2.90 bits per heavy atom. The second kappa shape index (κ2) is 10.1. The normalized spacial score (nSPS) is 21.5. The number of aliphatic hydroxyl groups is 1. The molecule has 0 bridgehead atoms. The largest absolute Gasteiger partial charge is 0.391 e. The molecule has 9 heteroatoms. The molecule has 3 rings (SSSR count). The summed E-state index contributed by atoms with van der Waals surface area (Å²) in [6.45, 7) is 1.20. The zero-order valence-corrected chi connectivity index (χ0v) is 16.1. The minimum Gasteiger partial charge on any atom is -0.391 e. The van der Waals surface area contributed by atoms with Crippen LogP contribution >= 0.6 is 0 Å². The number of hydrogen-bond donors (Lipinski definition) is 3. The summed E-state index contributed by atoms with van der Waals surface area (Å²) in [5, 5.41) is 23.7. The van der Waals surface area contributed by atoms with Crippen LogP contribution in [0.5, 0.6) is 0 Å². The standard InChI is InChI=1S/C20H26FN5O3/c21-16-4-1-3-14(11-16)12-19(28)24-17-6-5-15(13-18(17)27)20(29)22-7-2-9-26-10-8-23-25-26/h1,3-4,8,10-11,15,17-18,27H,2,5-7,9,12-13H2,(H,22,29)(H,24,28)/t15-,17+,18+/m0/s1. The number of carbonyl (C=O) groups excluding carboxylic acids is 2. The lowest BCUT2D eigenvalue weighted by molar-refractivity contribution is -0.128. The molecule has 0 saturated heterocycles. The Balaban J connectivity index is 1.37. The molecule has 1 aromatic heterocycles. The van der Waals surface area contributed by atoms with E-state index >= 15 is 0 Å². The van der Waals surface area contributed by atoms with Crippen LogP contribution in [-0.2, 0) is 22.6 Å². The fourth-order valence-electron chi connectivity index (χ4n) is 3.59. The van der Waals surface area contributed by atoms with E-state index in [0.29, 0.717) is 37.9 Å². The van der Waals surface area contributed by atoms with Crippen molar-refractivity contribution in [3.8, 4) is 0 Å². The van der Waals surface area contributed by atoms with Gasteiger partial charge in [0.1, 0.15) is 5.82 Å². The number of amides is 2. The van der Waals surface area contributed by atoms with Gasteiger partial charge < -0.3 is 15.7 Å². The van der Waals surface area contributed by atoms with E-state index in [0.717, 1.165) is 6.42 Å². The van der Waals surface area contributed by atoms with Gasteiger partial charge in [0.05, 0.1) is 24.8 Å². The molecule has 1 aliphatic carbocycles. The molecule has 3 N–H and O–H groups in total. The smallest absolute Gasteiger partial charge is 0.224 e. The predicted molar refractivity (Wildman–Crippen MR) is 103 cm³/mol. The Morgan fingerprint density at radius 1 is 1.31 bits per heavy atom. The van der Waals surface area contributed by atoms with Crippen LogP contribution in [-0.4, -0.2) is 50.6 Å². The number of aryl methyl sites for hydroxylation is 1. The van der Waals surface area contributed by atoms with Crippen molar-refractivity contribution in [2.24, 2.45) is 5.92 Å². The highest BCUT2D eigenvalue weighted by Crippen LogP contribution is 2.25. The Morgan fingerprint density at radius 2 is 2.17 bits per heavy atom. The molecule has 0 aliphatic heterocycles. The lowest BCUT2D eigenvalue weighted by Crippen LogP contribution is -2.49. The molecule has 0 unspecified atom stereocenters. The van der Waals surface area contributed by atoms with Crippen LogP contribution in [0.1, 0.15) is 31.2 Å². The summed E-state index contributed by atoms with van der Waals surface area (Å²) in [6.07, 6.45) is 4.80. The van der Waals surface area contributed by atoms with Gasteiger partial charge in [-0.1, -0.05) is 17.3 Å². The van der Waals surface area contributed by atoms with Crippen LogP contribution in [0.25, 0.3) is 0 Å². The maximum Gasteiger partial charge on any atom is 0.224 e. The summed E-state index contributed by atoms with van der Waals surface area (Å²) in [5.74, 6) is -1.00. The number of aliphatic hydroxyl groups excluding tert-OH is 1. The van der Waals surface area contributed by atoms with Crippen LogP contribution < -0.4 is 10.6 Å². The molecular formula is C20H26FN5O3. The second-order valence-electron chi connectivity index (χ2n) is 7.37. The van der Waals surface area contributed by atoms with Gasteiger partial charge in [-0.3, -0.25) is 14.3 Å². The van der Waals surface area contributed by atoms with E-state index in [2.05, 4.69) is 20.9 Å². The van der Waals surface area contributed by atoms with Gasteiger partial charge in [0.25, 0.3) is 0 Å². The number of hydrogen-bond acceptors (Lipinski definition) is 5. The molecule has 1 aliphatic rings. The van der Waals surface area contributed by atoms with Crippen molar-refractivity contribution in [2.75, 3.05) is 6.54 Å². The zero-order chi connectivity index (χ0) is 20.6. The molecule has 1 saturated carbocycles. The SMILES string of the molecule is O=C(Cc1cccc(F)c1)N[C@@H]1CC[C@H](C(=O)NCCCn2ccnn2)C[C@H]1O. The van der Waals surface area contributed by atoms with Gasteiger partial charge in [-0.2, -0.15) is 0 Å². The first-order valence-electron chi connectivity index (χ1n) is 9.85. The molecule has 0 spiro atoms. The van der Waals surface area contributed by atoms with E-state index in [1.807, 2.05) is 0 Å². The lowest BCUT2D eigenvalue weighted by atomic mass is 9.83. The van der Waals surface area contributed by atoms with Gasteiger partial charge in [0.15, 0.2) is 0 Å². The van der Waals surface area contributed by atoms with Crippen LogP contribution in [0.3, 0.4) is 0 Å². The Labute approximate surface area is 168 Å². The van der Waals surface area contributed by atoms with Crippen LogP contribution in [0.2, 0.25) is 0 Å². The summed E-state index contributed by atoms with van der Waals surface area (Å²) in [6, 6.07) is 5.49. The van der Waals surface area contributed by atoms with Crippen LogP contribution in [0.15, 0.2) is 36.7 Å². The molecule has 8 nitrogen and oxygen atoms in total. The number of nitrogens with one attached hydrogen (secondary N) is 2. The van der Waals surface area contributed by atoms with E-state index in [1.165, 1.54) is 12.1 Å². The van der Waals surface area contributed by atoms with E-state index in [9.17, 15) is 19.1 Å². The van der Waals surface area contributed by atoms with E-state index in [1.54, 1.807) is 29.2 Å². The highest BCUT2D eigenvalue weighted by molar-refractivity contribution is 5.80. The first-order valence-corrected chi connectivity index (χ1v) is 9.85. The molecule has 3 atom stereocenters. The first kappa shape index (κ1) is 20.9. The van der Waals surface area contributed by atoms with Crippen molar-refractivity contribution < 1.29 is 19.1 Å². The van der Waals surface area contributed by atoms with Gasteiger partial charge in [-0.05, 0) is 43.4 Å². The number of benzene rings is 1. The lowest BCUT2D eigenvalue weighted by Gasteiger charge is -2.33. The van der Waals surface area contributed by atoms with Crippen molar-refractivity contribution in [1.29, 1.82) is 0 Å². The molecule has 1 fully saturated rings. The molecule has 2 aromatic rings. The quantitative estimate of drug-likeness (QED) is 0.565. The molecule has 2 amide bonds. The minimum atomic E-state index is -0.786. The van der Waals surface area contributed by atoms with Gasteiger partial charge in [0.2, 0.25) is 11.8 Å². The number of carbonyl (C=O) groups is 2. The zero-order valence-electron chi connectivity index (χ0n) is 16.1. The van der Waals surface area contributed by atoms with Crippen molar-refractivity contribution in [1.82, 2.24) is 25.6 Å². The number of aromatic nitrogens is 3. The third kappa shape index (κ3) is 6.35. The van der Waals surface area contributed by atoms with Crippen molar-refractivity contribution in [2.45, 2.75) is 50.8 Å². The summed E-state index contributed by atoms with van der Waals surface area (Å²) >= 11 is 0. The maximum atomic E-state index is 13.2. The molecule has 29 heavy (non-hydrogen) atoms. The highest BCUT2D eigenvalue weighted by atomic mass is 19.1. The average molecular weight is 403 g/mol. The van der Waals surface area contributed by atoms with Gasteiger partial charge in [0, 0.05) is 25.2 Å². The number of nitrogens with zero attached hydrogens (tertiary/aromatic N) is 3. The molecule has 1 aromatic carbocycles. The Bertz CT molecular complexity index is 814. The molecule has 0 radical (unpaired) electrons. The average Bonchev–Trinajstić information content (AvgIpc) is 3.20. The van der Waals surface area contributed by atoms with E-state index in [4.69, 9.17) is 0 Å². The summed E-state index contributed by atoms with van der Waals surface area (Å²) in [7, 11) is 0. The van der Waals surface area contributed by atoms with E-state index in [-0.39, 0.29) is 30.0 Å². The molecule has 1 heterocycles. The Hall–Kier alpha value is -2.81. The third-order valence-corrected chi connectivity index (χ3v) is 5.12.